The van der Waals surface area contributed by atoms with E-state index in [-0.39, 0.29) is 70.0 Å². The molecule has 4 aliphatic rings. The number of phenolic OH excluding ortho intramolecular Hbond substituents is 1. The van der Waals surface area contributed by atoms with Gasteiger partial charge >= 0.3 is 6.01 Å². The number of rotatable bonds is 4. The Balaban J connectivity index is 1.33. The highest BCUT2D eigenvalue weighted by atomic mass is 19.1. The zero-order valence-corrected chi connectivity index (χ0v) is 23.7. The molecule has 0 amide bonds. The number of aromatic nitrogens is 3. The first-order valence-electron chi connectivity index (χ1n) is 14.7. The molecule has 0 unspecified atom stereocenters. The molecular formula is C32H28F3N5O4. The van der Waals surface area contributed by atoms with Crippen LogP contribution in [0.5, 0.6) is 17.6 Å². The van der Waals surface area contributed by atoms with E-state index in [1.165, 1.54) is 24.3 Å². The van der Waals surface area contributed by atoms with E-state index in [1.807, 2.05) is 4.90 Å². The van der Waals surface area contributed by atoms with Crippen LogP contribution < -0.4 is 14.4 Å². The number of benzene rings is 2. The molecule has 9 nitrogen and oxygen atoms in total. The molecule has 3 saturated heterocycles. The lowest BCUT2D eigenvalue weighted by molar-refractivity contribution is 0.0774. The average Bonchev–Trinajstić information content (AvgIpc) is 3.49. The van der Waals surface area contributed by atoms with E-state index in [0.29, 0.717) is 43.9 Å². The summed E-state index contributed by atoms with van der Waals surface area (Å²) in [7, 11) is 0. The number of hydrogen-bond donors (Lipinski definition) is 1. The van der Waals surface area contributed by atoms with Gasteiger partial charge in [0.1, 0.15) is 53.4 Å². The lowest BCUT2D eigenvalue weighted by Crippen LogP contribution is -2.48. The van der Waals surface area contributed by atoms with Crippen LogP contribution in [0.3, 0.4) is 0 Å². The number of aromatic hydroxyl groups is 1. The minimum absolute atomic E-state index is 0.0544. The molecule has 0 aliphatic carbocycles. The quantitative estimate of drug-likeness (QED) is 0.342. The number of terminal acetylenes is 1. The Labute approximate surface area is 250 Å². The van der Waals surface area contributed by atoms with Gasteiger partial charge in [0.15, 0.2) is 5.82 Å². The molecule has 226 valence electrons. The van der Waals surface area contributed by atoms with E-state index < -0.39 is 23.3 Å². The molecule has 1 N–H and O–H groups in total. The molecule has 0 radical (unpaired) electrons. The minimum atomic E-state index is -0.934. The summed E-state index contributed by atoms with van der Waals surface area (Å²) in [5.74, 6) is 1.16. The number of pyridine rings is 1. The molecule has 8 rings (SSSR count). The van der Waals surface area contributed by atoms with Gasteiger partial charge in [-0.1, -0.05) is 12.0 Å². The van der Waals surface area contributed by atoms with Gasteiger partial charge in [-0.05, 0) is 43.0 Å². The van der Waals surface area contributed by atoms with Crippen LogP contribution in [0.4, 0.5) is 19.0 Å². The van der Waals surface area contributed by atoms with E-state index in [9.17, 15) is 13.9 Å². The number of halogens is 3. The van der Waals surface area contributed by atoms with Crippen LogP contribution in [-0.4, -0.2) is 88.8 Å². The topological polar surface area (TPSA) is 93.1 Å². The van der Waals surface area contributed by atoms with Gasteiger partial charge in [0, 0.05) is 30.5 Å². The number of alkyl halides is 1. The summed E-state index contributed by atoms with van der Waals surface area (Å²) in [6.45, 7) is 2.79. The van der Waals surface area contributed by atoms with Gasteiger partial charge in [-0.3, -0.25) is 4.90 Å². The Hall–Kier alpha value is -4.34. The van der Waals surface area contributed by atoms with E-state index in [4.69, 9.17) is 25.6 Å². The highest BCUT2D eigenvalue weighted by Crippen LogP contribution is 2.44. The minimum Gasteiger partial charge on any atom is -0.508 e. The van der Waals surface area contributed by atoms with Gasteiger partial charge in [-0.25, -0.2) is 18.2 Å². The lowest BCUT2D eigenvalue weighted by Gasteiger charge is -2.35. The first-order valence-corrected chi connectivity index (χ1v) is 14.7. The first-order chi connectivity index (χ1) is 21.3. The summed E-state index contributed by atoms with van der Waals surface area (Å²) >= 11 is 0. The number of morpholine rings is 1. The zero-order chi connectivity index (χ0) is 30.2. The summed E-state index contributed by atoms with van der Waals surface area (Å²) in [6.07, 6.45) is 6.84. The zero-order valence-electron chi connectivity index (χ0n) is 23.7. The summed E-state index contributed by atoms with van der Waals surface area (Å²) < 4.78 is 64.1. The van der Waals surface area contributed by atoms with Crippen LogP contribution in [0.2, 0.25) is 0 Å². The van der Waals surface area contributed by atoms with Crippen LogP contribution in [0.1, 0.15) is 24.8 Å². The highest BCUT2D eigenvalue weighted by molar-refractivity contribution is 6.04. The fraction of sp³-hybridized carbons (Fsp3) is 0.406. The lowest BCUT2D eigenvalue weighted by atomic mass is 9.95. The fourth-order valence-corrected chi connectivity index (χ4v) is 7.31. The average molecular weight is 604 g/mol. The van der Waals surface area contributed by atoms with Gasteiger partial charge in [0.25, 0.3) is 0 Å². The SMILES string of the molecule is C#Cc1c(F)ccc2cc(O)cc(-c3nc4c5c(nc(OC[C@@]67CCCN6C[C@H](F)C7)nc5c3F)N3CCOC[C@@H]3CO4)c12. The highest BCUT2D eigenvalue weighted by Gasteiger charge is 2.49. The Kier molecular flexibility index (Phi) is 6.25. The maximum Gasteiger partial charge on any atom is 0.319 e. The van der Waals surface area contributed by atoms with Gasteiger partial charge in [0.05, 0.1) is 30.4 Å². The van der Waals surface area contributed by atoms with Crippen molar-refractivity contribution in [2.24, 2.45) is 0 Å². The van der Waals surface area contributed by atoms with Crippen LogP contribution in [0.25, 0.3) is 32.9 Å². The van der Waals surface area contributed by atoms with E-state index in [1.54, 1.807) is 0 Å². The standard InChI is InChI=1S/C32H28F3N5O4/c1-2-21-23(34)5-4-17-10-20(41)11-22(24(17)21)27-26(35)28-25-29(40-8-9-42-14-19(40)15-43-30(25)36-27)38-31(37-28)44-16-32-6-3-7-39(32)13-18(33)12-32/h1,4-5,10-11,18-19,41H,3,6-9,12-16H2/t18-,19-,32+/m1/s1. The van der Waals surface area contributed by atoms with Crippen molar-refractivity contribution in [3.63, 3.8) is 0 Å². The van der Waals surface area contributed by atoms with Crippen LogP contribution in [-0.2, 0) is 4.74 Å². The van der Waals surface area contributed by atoms with E-state index in [2.05, 4.69) is 20.8 Å². The van der Waals surface area contributed by atoms with Gasteiger partial charge in [-0.2, -0.15) is 9.97 Å². The molecule has 44 heavy (non-hydrogen) atoms. The third-order valence-corrected chi connectivity index (χ3v) is 9.31. The molecule has 0 bridgehead atoms. The van der Waals surface area contributed by atoms with E-state index >= 15 is 4.39 Å². The molecule has 2 aromatic carbocycles. The smallest absolute Gasteiger partial charge is 0.319 e. The van der Waals surface area contributed by atoms with Crippen molar-refractivity contribution < 1.29 is 32.5 Å². The Morgan fingerprint density at radius 1 is 1.14 bits per heavy atom. The molecule has 2 aromatic heterocycles. The summed E-state index contributed by atoms with van der Waals surface area (Å²) in [4.78, 5) is 17.9. The summed E-state index contributed by atoms with van der Waals surface area (Å²) in [6, 6.07) is 5.09. The maximum atomic E-state index is 16.8. The van der Waals surface area contributed by atoms with Crippen molar-refractivity contribution in [2.75, 3.05) is 51.0 Å². The second-order valence-corrected chi connectivity index (χ2v) is 11.9. The van der Waals surface area contributed by atoms with Crippen molar-refractivity contribution in [2.45, 2.75) is 37.0 Å². The van der Waals surface area contributed by atoms with Crippen molar-refractivity contribution in [3.8, 4) is 41.2 Å². The second kappa shape index (κ2) is 10.1. The summed E-state index contributed by atoms with van der Waals surface area (Å²) in [5, 5.41) is 11.5. The molecule has 3 fully saturated rings. The maximum absolute atomic E-state index is 16.8. The van der Waals surface area contributed by atoms with Crippen molar-refractivity contribution in [1.82, 2.24) is 19.9 Å². The number of nitrogens with zero attached hydrogens (tertiary/aromatic N) is 5. The largest absolute Gasteiger partial charge is 0.508 e. The number of ether oxygens (including phenoxy) is 3. The molecule has 4 aromatic rings. The molecule has 0 spiro atoms. The first kappa shape index (κ1) is 27.2. The molecule has 0 saturated carbocycles. The third kappa shape index (κ3) is 4.13. The number of phenols is 1. The van der Waals surface area contributed by atoms with Gasteiger partial charge < -0.3 is 24.2 Å². The third-order valence-electron chi connectivity index (χ3n) is 9.31. The van der Waals surface area contributed by atoms with Crippen LogP contribution in [0, 0.1) is 24.0 Å². The van der Waals surface area contributed by atoms with E-state index in [0.717, 1.165) is 19.4 Å². The van der Waals surface area contributed by atoms with Crippen molar-refractivity contribution >= 4 is 27.5 Å². The van der Waals surface area contributed by atoms with Crippen molar-refractivity contribution in [1.29, 1.82) is 0 Å². The van der Waals surface area contributed by atoms with Crippen LogP contribution in [0.15, 0.2) is 24.3 Å². The number of fused-ring (bicyclic) bond motifs is 4. The fourth-order valence-electron chi connectivity index (χ4n) is 7.31. The number of hydrogen-bond acceptors (Lipinski definition) is 9. The monoisotopic (exact) mass is 603 g/mol. The Morgan fingerprint density at radius 2 is 2.02 bits per heavy atom. The Morgan fingerprint density at radius 3 is 2.89 bits per heavy atom. The molecular weight excluding hydrogens is 575 g/mol. The van der Waals surface area contributed by atoms with Gasteiger partial charge in [-0.15, -0.1) is 6.42 Å². The predicted octanol–water partition coefficient (Wildman–Crippen LogP) is 4.36. The van der Waals surface area contributed by atoms with Gasteiger partial charge in [0.2, 0.25) is 5.88 Å². The van der Waals surface area contributed by atoms with Crippen LogP contribution >= 0.6 is 0 Å². The molecule has 4 aliphatic heterocycles. The Bertz CT molecular complexity index is 1880. The normalized spacial score (nSPS) is 24.5. The molecule has 3 atom stereocenters. The predicted molar refractivity (Wildman–Crippen MR) is 156 cm³/mol. The molecule has 12 heteroatoms. The second-order valence-electron chi connectivity index (χ2n) is 11.9. The summed E-state index contributed by atoms with van der Waals surface area (Å²) in [5.41, 5.74) is -0.795. The molecule has 6 heterocycles. The van der Waals surface area contributed by atoms with Crippen molar-refractivity contribution in [3.05, 3.63) is 41.5 Å². The number of anilines is 1.